The Morgan fingerprint density at radius 3 is 2.60 bits per heavy atom. The van der Waals surface area contributed by atoms with Crippen molar-refractivity contribution in [2.75, 3.05) is 0 Å². The standard InChI is InChI=1S/C12H17FN2/c1-4-6-8-10(7-5-2)12-11(13)9(3)14-15-12/h4-9,11,14H,1-3H3/b6-4?,7-5-,10-8+. The first-order valence-electron chi connectivity index (χ1n) is 5.14. The molecule has 1 aliphatic rings. The molecule has 0 bridgehead atoms. The fraction of sp³-hybridized carbons (Fsp3) is 0.417. The van der Waals surface area contributed by atoms with Gasteiger partial charge in [-0.3, -0.25) is 0 Å². The van der Waals surface area contributed by atoms with Crippen LogP contribution in [0.3, 0.4) is 0 Å². The molecule has 1 rings (SSSR count). The lowest BCUT2D eigenvalue weighted by Crippen LogP contribution is -2.28. The van der Waals surface area contributed by atoms with Gasteiger partial charge < -0.3 is 5.43 Å². The Balaban J connectivity index is 2.91. The maximum atomic E-state index is 13.7. The predicted octanol–water partition coefficient (Wildman–Crippen LogP) is 2.75. The van der Waals surface area contributed by atoms with Crippen molar-refractivity contribution in [1.29, 1.82) is 0 Å². The zero-order chi connectivity index (χ0) is 11.3. The van der Waals surface area contributed by atoms with E-state index in [9.17, 15) is 4.39 Å². The van der Waals surface area contributed by atoms with E-state index in [4.69, 9.17) is 0 Å². The molecule has 0 aromatic heterocycles. The number of rotatable bonds is 3. The number of alkyl halides is 1. The molecule has 1 N–H and O–H groups in total. The van der Waals surface area contributed by atoms with Crippen molar-refractivity contribution in [1.82, 2.24) is 5.43 Å². The van der Waals surface area contributed by atoms with Crippen molar-refractivity contribution in [3.63, 3.8) is 0 Å². The third-order valence-electron chi connectivity index (χ3n) is 2.20. The second-order valence-corrected chi connectivity index (χ2v) is 3.46. The first kappa shape index (κ1) is 11.7. The van der Waals surface area contributed by atoms with E-state index in [2.05, 4.69) is 10.5 Å². The van der Waals surface area contributed by atoms with Crippen LogP contribution in [0.1, 0.15) is 20.8 Å². The molecule has 3 heteroatoms. The Morgan fingerprint density at radius 2 is 2.13 bits per heavy atom. The van der Waals surface area contributed by atoms with Crippen LogP contribution in [-0.4, -0.2) is 17.9 Å². The number of allylic oxidation sites excluding steroid dienone is 6. The zero-order valence-electron chi connectivity index (χ0n) is 9.37. The third kappa shape index (κ3) is 2.78. The zero-order valence-corrected chi connectivity index (χ0v) is 9.37. The minimum absolute atomic E-state index is 0.237. The Morgan fingerprint density at radius 1 is 1.40 bits per heavy atom. The van der Waals surface area contributed by atoms with E-state index in [1.54, 1.807) is 6.92 Å². The molecule has 15 heavy (non-hydrogen) atoms. The van der Waals surface area contributed by atoms with Crippen LogP contribution >= 0.6 is 0 Å². The van der Waals surface area contributed by atoms with E-state index in [-0.39, 0.29) is 6.04 Å². The van der Waals surface area contributed by atoms with Crippen LogP contribution in [0.2, 0.25) is 0 Å². The lowest BCUT2D eigenvalue weighted by molar-refractivity contribution is 0.363. The highest BCUT2D eigenvalue weighted by molar-refractivity contribution is 6.07. The van der Waals surface area contributed by atoms with Crippen molar-refractivity contribution < 1.29 is 4.39 Å². The summed E-state index contributed by atoms with van der Waals surface area (Å²) in [5.74, 6) is 0. The SMILES string of the molecule is CC=C/C=C(\C=C/C)C1=NNC(C)C1F. The van der Waals surface area contributed by atoms with E-state index in [0.29, 0.717) is 5.71 Å². The van der Waals surface area contributed by atoms with Gasteiger partial charge in [-0.25, -0.2) is 4.39 Å². The normalized spacial score (nSPS) is 27.5. The summed E-state index contributed by atoms with van der Waals surface area (Å²) in [5.41, 5.74) is 4.05. The summed E-state index contributed by atoms with van der Waals surface area (Å²) in [6.45, 7) is 5.61. The molecule has 1 aliphatic heterocycles. The molecule has 1 heterocycles. The third-order valence-corrected chi connectivity index (χ3v) is 2.20. The molecular weight excluding hydrogens is 191 g/mol. The van der Waals surface area contributed by atoms with Crippen molar-refractivity contribution in [2.45, 2.75) is 33.0 Å². The number of nitrogens with one attached hydrogen (secondary N) is 1. The Kier molecular flexibility index (Phi) is 4.28. The summed E-state index contributed by atoms with van der Waals surface area (Å²) in [6, 6.07) is -0.237. The fourth-order valence-electron chi connectivity index (χ4n) is 1.36. The van der Waals surface area contributed by atoms with Gasteiger partial charge in [-0.05, 0) is 20.8 Å². The summed E-state index contributed by atoms with van der Waals surface area (Å²) in [4.78, 5) is 0. The maximum absolute atomic E-state index is 13.7. The summed E-state index contributed by atoms with van der Waals surface area (Å²) in [6.07, 6.45) is 8.37. The van der Waals surface area contributed by atoms with Crippen LogP contribution < -0.4 is 5.43 Å². The van der Waals surface area contributed by atoms with Gasteiger partial charge in [0.25, 0.3) is 0 Å². The van der Waals surface area contributed by atoms with E-state index < -0.39 is 6.17 Å². The minimum Gasteiger partial charge on any atom is -0.304 e. The summed E-state index contributed by atoms with van der Waals surface area (Å²) in [5, 5.41) is 4.01. The van der Waals surface area contributed by atoms with E-state index in [0.717, 1.165) is 5.57 Å². The van der Waals surface area contributed by atoms with Gasteiger partial charge >= 0.3 is 0 Å². The van der Waals surface area contributed by atoms with Gasteiger partial charge in [0.15, 0.2) is 6.17 Å². The minimum atomic E-state index is -1.03. The van der Waals surface area contributed by atoms with Crippen molar-refractivity contribution >= 4 is 5.71 Å². The van der Waals surface area contributed by atoms with Gasteiger partial charge in [0.05, 0.1) is 6.04 Å². The van der Waals surface area contributed by atoms with E-state index in [1.807, 2.05) is 44.2 Å². The number of hydrogen-bond donors (Lipinski definition) is 1. The highest BCUT2D eigenvalue weighted by atomic mass is 19.1. The number of halogens is 1. The predicted molar refractivity (Wildman–Crippen MR) is 62.6 cm³/mol. The molecule has 0 fully saturated rings. The van der Waals surface area contributed by atoms with Gasteiger partial charge in [0.1, 0.15) is 5.71 Å². The lowest BCUT2D eigenvalue weighted by atomic mass is 10.0. The van der Waals surface area contributed by atoms with Gasteiger partial charge in [-0.1, -0.05) is 30.4 Å². The lowest BCUT2D eigenvalue weighted by Gasteiger charge is -2.07. The highest BCUT2D eigenvalue weighted by Gasteiger charge is 2.29. The van der Waals surface area contributed by atoms with Crippen LogP contribution in [0.5, 0.6) is 0 Å². The molecule has 0 spiro atoms. The van der Waals surface area contributed by atoms with Crippen LogP contribution in [0, 0.1) is 0 Å². The molecular formula is C12H17FN2. The largest absolute Gasteiger partial charge is 0.304 e. The number of hydrogen-bond acceptors (Lipinski definition) is 2. The summed E-state index contributed by atoms with van der Waals surface area (Å²) in [7, 11) is 0. The first-order chi connectivity index (χ1) is 7.20. The van der Waals surface area contributed by atoms with Crippen molar-refractivity contribution in [3.8, 4) is 0 Å². The highest BCUT2D eigenvalue weighted by Crippen LogP contribution is 2.16. The van der Waals surface area contributed by atoms with Gasteiger partial charge in [0, 0.05) is 5.57 Å². The topological polar surface area (TPSA) is 24.4 Å². The molecule has 2 unspecified atom stereocenters. The van der Waals surface area contributed by atoms with Crippen molar-refractivity contribution in [3.05, 3.63) is 36.0 Å². The number of nitrogens with zero attached hydrogens (tertiary/aromatic N) is 1. The molecule has 0 saturated carbocycles. The van der Waals surface area contributed by atoms with E-state index in [1.165, 1.54) is 0 Å². The molecule has 2 nitrogen and oxygen atoms in total. The number of hydrazone groups is 1. The van der Waals surface area contributed by atoms with Crippen LogP contribution in [0.25, 0.3) is 0 Å². The molecule has 0 radical (unpaired) electrons. The molecule has 2 atom stereocenters. The quantitative estimate of drug-likeness (QED) is 0.708. The van der Waals surface area contributed by atoms with Crippen LogP contribution in [-0.2, 0) is 0 Å². The Hall–Kier alpha value is -1.38. The second-order valence-electron chi connectivity index (χ2n) is 3.46. The molecule has 0 aliphatic carbocycles. The van der Waals surface area contributed by atoms with Gasteiger partial charge in [-0.2, -0.15) is 5.10 Å². The van der Waals surface area contributed by atoms with Crippen LogP contribution in [0.15, 0.2) is 41.1 Å². The molecule has 0 aromatic rings. The summed E-state index contributed by atoms with van der Waals surface area (Å²) >= 11 is 0. The summed E-state index contributed by atoms with van der Waals surface area (Å²) < 4.78 is 13.7. The first-order valence-corrected chi connectivity index (χ1v) is 5.14. The fourth-order valence-corrected chi connectivity index (χ4v) is 1.36. The Labute approximate surface area is 90.3 Å². The Bertz CT molecular complexity index is 327. The van der Waals surface area contributed by atoms with Crippen molar-refractivity contribution in [2.24, 2.45) is 5.10 Å². The molecule has 0 aromatic carbocycles. The molecule has 0 saturated heterocycles. The molecule has 82 valence electrons. The maximum Gasteiger partial charge on any atom is 0.166 e. The second kappa shape index (κ2) is 5.49. The van der Waals surface area contributed by atoms with Gasteiger partial charge in [0.2, 0.25) is 0 Å². The van der Waals surface area contributed by atoms with E-state index >= 15 is 0 Å². The van der Waals surface area contributed by atoms with Crippen LogP contribution in [0.4, 0.5) is 4.39 Å². The average molecular weight is 208 g/mol. The molecule has 0 amide bonds. The monoisotopic (exact) mass is 208 g/mol. The average Bonchev–Trinajstić information content (AvgIpc) is 2.55. The van der Waals surface area contributed by atoms with Gasteiger partial charge in [-0.15, -0.1) is 0 Å². The smallest absolute Gasteiger partial charge is 0.166 e.